The third-order valence-electron chi connectivity index (χ3n) is 3.88. The highest BCUT2D eigenvalue weighted by atomic mass is 15.7. The fourth-order valence-corrected chi connectivity index (χ4v) is 2.41. The molecule has 0 spiro atoms. The number of nitrogens with one attached hydrogen (secondary N) is 1. The second-order valence-electron chi connectivity index (χ2n) is 6.11. The topological polar surface area (TPSA) is 12.0 Å². The molecule has 2 fully saturated rings. The summed E-state index contributed by atoms with van der Waals surface area (Å²) in [6, 6.07) is 0.923. The van der Waals surface area contributed by atoms with Gasteiger partial charge in [0, 0.05) is 18.8 Å². The van der Waals surface area contributed by atoms with Gasteiger partial charge in [0.1, 0.15) is 12.6 Å². The van der Waals surface area contributed by atoms with E-state index in [0.717, 1.165) is 16.6 Å². The molecule has 1 aliphatic carbocycles. The second-order valence-corrected chi connectivity index (χ2v) is 6.11. The van der Waals surface area contributed by atoms with Crippen molar-refractivity contribution in [2.45, 2.75) is 39.7 Å². The van der Waals surface area contributed by atoms with E-state index >= 15 is 0 Å². The molecule has 1 saturated heterocycles. The van der Waals surface area contributed by atoms with E-state index in [-0.39, 0.29) is 0 Å². The van der Waals surface area contributed by atoms with Crippen molar-refractivity contribution in [3.63, 3.8) is 0 Å². The molecule has 0 bridgehead atoms. The van der Waals surface area contributed by atoms with Crippen LogP contribution in [0, 0.1) is 11.3 Å². The Bertz CT molecular complexity index is 203. The predicted octanol–water partition coefficient (Wildman–Crippen LogP) is 1.78. The van der Waals surface area contributed by atoms with Gasteiger partial charge in [-0.3, -0.25) is 0 Å². The van der Waals surface area contributed by atoms with Crippen LogP contribution in [0.3, 0.4) is 0 Å². The first-order valence-electron chi connectivity index (χ1n) is 5.52. The van der Waals surface area contributed by atoms with E-state index < -0.39 is 0 Å². The van der Waals surface area contributed by atoms with Gasteiger partial charge in [0.25, 0.3) is 0 Å². The molecule has 2 unspecified atom stereocenters. The lowest BCUT2D eigenvalue weighted by Crippen LogP contribution is -2.51. The highest BCUT2D eigenvalue weighted by Crippen LogP contribution is 2.38. The maximum Gasteiger partial charge on any atom is 0.107 e. The van der Waals surface area contributed by atoms with Crippen LogP contribution in [0.1, 0.15) is 33.6 Å². The molecule has 0 aromatic carbocycles. The molecule has 2 nitrogen and oxygen atoms in total. The fourth-order valence-electron chi connectivity index (χ4n) is 2.41. The van der Waals surface area contributed by atoms with Crippen molar-refractivity contribution in [1.82, 2.24) is 5.43 Å². The summed E-state index contributed by atoms with van der Waals surface area (Å²) in [5.41, 5.74) is 4.16. The van der Waals surface area contributed by atoms with E-state index in [2.05, 4.69) is 33.2 Å². The van der Waals surface area contributed by atoms with Gasteiger partial charge in [-0.05, 0) is 5.41 Å². The standard InChI is InChI=1S/C11H23N2/c1-11(2,3)9-7-12-13(4,8-9)10-5-6-10/h9-10,12H,5-8H2,1-4H3/q+1. The minimum atomic E-state index is 0.470. The fraction of sp³-hybridized carbons (Fsp3) is 1.00. The van der Waals surface area contributed by atoms with Crippen LogP contribution in [0.4, 0.5) is 0 Å². The first-order valence-corrected chi connectivity index (χ1v) is 5.52. The number of quaternary nitrogens is 1. The lowest BCUT2D eigenvalue weighted by Gasteiger charge is -2.30. The van der Waals surface area contributed by atoms with Gasteiger partial charge in [0.2, 0.25) is 0 Å². The Balaban J connectivity index is 2.00. The SMILES string of the molecule is CC(C)(C)C1CN[N+](C)(C2CC2)C1. The van der Waals surface area contributed by atoms with Crippen LogP contribution in [0.25, 0.3) is 0 Å². The average Bonchev–Trinajstić information content (AvgIpc) is 2.75. The molecule has 2 rings (SSSR count). The van der Waals surface area contributed by atoms with Gasteiger partial charge in [-0.25, -0.2) is 4.59 Å². The van der Waals surface area contributed by atoms with E-state index in [1.54, 1.807) is 0 Å². The summed E-state index contributed by atoms with van der Waals surface area (Å²) in [4.78, 5) is 0. The summed E-state index contributed by atoms with van der Waals surface area (Å²) < 4.78 is 1.14. The molecule has 0 amide bonds. The van der Waals surface area contributed by atoms with Gasteiger partial charge in [-0.1, -0.05) is 20.8 Å². The van der Waals surface area contributed by atoms with Crippen molar-refractivity contribution in [1.29, 1.82) is 0 Å². The van der Waals surface area contributed by atoms with Gasteiger partial charge >= 0.3 is 0 Å². The van der Waals surface area contributed by atoms with Gasteiger partial charge < -0.3 is 0 Å². The normalized spacial score (nSPS) is 41.1. The van der Waals surface area contributed by atoms with Crippen LogP contribution in [-0.2, 0) is 0 Å². The Kier molecular flexibility index (Phi) is 1.97. The first kappa shape index (κ1) is 9.47. The second kappa shape index (κ2) is 2.71. The van der Waals surface area contributed by atoms with Crippen LogP contribution in [-0.4, -0.2) is 30.8 Å². The number of hydrogen-bond acceptors (Lipinski definition) is 1. The molecule has 1 aliphatic heterocycles. The monoisotopic (exact) mass is 183 g/mol. The van der Waals surface area contributed by atoms with E-state index in [0.29, 0.717) is 5.41 Å². The maximum atomic E-state index is 3.69. The van der Waals surface area contributed by atoms with Crippen molar-refractivity contribution in [2.75, 3.05) is 20.1 Å². The quantitative estimate of drug-likeness (QED) is 0.611. The summed E-state index contributed by atoms with van der Waals surface area (Å²) >= 11 is 0. The van der Waals surface area contributed by atoms with Crippen LogP contribution in [0.5, 0.6) is 0 Å². The molecular formula is C11H23N2+. The van der Waals surface area contributed by atoms with Gasteiger partial charge in [0.15, 0.2) is 0 Å². The Morgan fingerprint density at radius 3 is 2.23 bits per heavy atom. The van der Waals surface area contributed by atoms with Crippen LogP contribution < -0.4 is 5.43 Å². The molecule has 2 aliphatic rings. The number of rotatable bonds is 1. The molecule has 0 radical (unpaired) electrons. The van der Waals surface area contributed by atoms with Crippen molar-refractivity contribution in [3.8, 4) is 0 Å². The Labute approximate surface area is 81.9 Å². The van der Waals surface area contributed by atoms with Crippen molar-refractivity contribution in [2.24, 2.45) is 11.3 Å². The zero-order valence-electron chi connectivity index (χ0n) is 9.43. The summed E-state index contributed by atoms with van der Waals surface area (Å²) in [5.74, 6) is 0.845. The van der Waals surface area contributed by atoms with Gasteiger partial charge in [-0.15, -0.1) is 0 Å². The zero-order chi connectivity index (χ0) is 9.69. The molecular weight excluding hydrogens is 160 g/mol. The minimum Gasteiger partial charge on any atom is -0.245 e. The van der Waals surface area contributed by atoms with Crippen molar-refractivity contribution >= 4 is 0 Å². The molecule has 1 saturated carbocycles. The lowest BCUT2D eigenvalue weighted by atomic mass is 9.81. The highest BCUT2D eigenvalue weighted by Gasteiger charge is 2.49. The third kappa shape index (κ3) is 1.75. The summed E-state index contributed by atoms with van der Waals surface area (Å²) in [6.45, 7) is 9.62. The number of nitrogens with zero attached hydrogens (tertiary/aromatic N) is 1. The van der Waals surface area contributed by atoms with E-state index in [4.69, 9.17) is 0 Å². The van der Waals surface area contributed by atoms with Crippen LogP contribution in [0.2, 0.25) is 0 Å². The lowest BCUT2D eigenvalue weighted by molar-refractivity contribution is -0.951. The molecule has 2 heteroatoms. The molecule has 1 N–H and O–H groups in total. The maximum absolute atomic E-state index is 3.69. The largest absolute Gasteiger partial charge is 0.245 e. The highest BCUT2D eigenvalue weighted by molar-refractivity contribution is 4.82. The average molecular weight is 183 g/mol. The molecule has 13 heavy (non-hydrogen) atoms. The van der Waals surface area contributed by atoms with Crippen LogP contribution >= 0.6 is 0 Å². The predicted molar refractivity (Wildman–Crippen MR) is 55.0 cm³/mol. The Morgan fingerprint density at radius 1 is 1.23 bits per heavy atom. The Hall–Kier alpha value is -0.0800. The molecule has 76 valence electrons. The summed E-state index contributed by atoms with van der Waals surface area (Å²) in [5, 5.41) is 0. The first-order chi connectivity index (χ1) is 5.92. The van der Waals surface area contributed by atoms with Crippen molar-refractivity contribution in [3.05, 3.63) is 0 Å². The summed E-state index contributed by atoms with van der Waals surface area (Å²) in [7, 11) is 2.36. The minimum absolute atomic E-state index is 0.470. The Morgan fingerprint density at radius 2 is 1.85 bits per heavy atom. The number of hydrogen-bond donors (Lipinski definition) is 1. The third-order valence-corrected chi connectivity index (χ3v) is 3.88. The summed E-state index contributed by atoms with van der Waals surface area (Å²) in [6.07, 6.45) is 2.86. The van der Waals surface area contributed by atoms with E-state index in [1.165, 1.54) is 25.9 Å². The van der Waals surface area contributed by atoms with E-state index in [1.807, 2.05) is 0 Å². The smallest absolute Gasteiger partial charge is 0.107 e. The van der Waals surface area contributed by atoms with E-state index in [9.17, 15) is 0 Å². The molecule has 2 atom stereocenters. The van der Waals surface area contributed by atoms with Crippen molar-refractivity contribution < 1.29 is 4.59 Å². The zero-order valence-corrected chi connectivity index (χ0v) is 9.43. The molecule has 0 aromatic heterocycles. The molecule has 1 heterocycles. The molecule has 0 aromatic rings. The van der Waals surface area contributed by atoms with Crippen LogP contribution in [0.15, 0.2) is 0 Å². The van der Waals surface area contributed by atoms with Gasteiger partial charge in [-0.2, -0.15) is 5.43 Å². The van der Waals surface area contributed by atoms with Gasteiger partial charge in [0.05, 0.1) is 13.6 Å².